The predicted molar refractivity (Wildman–Crippen MR) is 42.4 cm³/mol. The van der Waals surface area contributed by atoms with Crippen LogP contribution in [0.1, 0.15) is 18.2 Å². The zero-order valence-electron chi connectivity index (χ0n) is 6.77. The number of rotatable bonds is 2. The van der Waals surface area contributed by atoms with Gasteiger partial charge < -0.3 is 14.9 Å². The van der Waals surface area contributed by atoms with Crippen molar-refractivity contribution in [2.24, 2.45) is 11.7 Å². The molecule has 0 spiro atoms. The molecule has 1 aliphatic rings. The van der Waals surface area contributed by atoms with Gasteiger partial charge in [0.2, 0.25) is 0 Å². The van der Waals surface area contributed by atoms with Crippen LogP contribution in [0.25, 0.3) is 0 Å². The van der Waals surface area contributed by atoms with Crippen molar-refractivity contribution >= 4 is 0 Å². The molecule has 1 aromatic heterocycles. The molecule has 0 radical (unpaired) electrons. The Morgan fingerprint density at radius 3 is 3.17 bits per heavy atom. The molecule has 4 nitrogen and oxygen atoms in total. The van der Waals surface area contributed by atoms with Gasteiger partial charge in [-0.3, -0.25) is 0 Å². The van der Waals surface area contributed by atoms with Crippen molar-refractivity contribution in [2.45, 2.75) is 12.5 Å². The molecule has 2 N–H and O–H groups in total. The van der Waals surface area contributed by atoms with Crippen molar-refractivity contribution < 1.29 is 9.15 Å². The van der Waals surface area contributed by atoms with E-state index in [9.17, 15) is 0 Å². The van der Waals surface area contributed by atoms with Gasteiger partial charge in [0.05, 0.1) is 18.8 Å². The number of oxazole rings is 1. The van der Waals surface area contributed by atoms with E-state index >= 15 is 0 Å². The van der Waals surface area contributed by atoms with E-state index in [1.54, 1.807) is 6.20 Å². The third kappa shape index (κ3) is 1.35. The quantitative estimate of drug-likeness (QED) is 0.706. The van der Waals surface area contributed by atoms with Crippen LogP contribution < -0.4 is 5.73 Å². The molecule has 0 amide bonds. The first-order valence-corrected chi connectivity index (χ1v) is 4.09. The summed E-state index contributed by atoms with van der Waals surface area (Å²) in [6, 6.07) is -0.0602. The molecule has 0 bridgehead atoms. The van der Waals surface area contributed by atoms with Gasteiger partial charge in [0.15, 0.2) is 6.39 Å². The molecular formula is C8H12N2O2. The van der Waals surface area contributed by atoms with Gasteiger partial charge in [0.1, 0.15) is 5.76 Å². The maximum absolute atomic E-state index is 5.93. The fourth-order valence-corrected chi connectivity index (χ4v) is 1.46. The van der Waals surface area contributed by atoms with E-state index in [2.05, 4.69) is 4.98 Å². The Morgan fingerprint density at radius 1 is 1.67 bits per heavy atom. The topological polar surface area (TPSA) is 61.3 Å². The standard InChI is InChI=1S/C8H12N2O2/c9-8(6-1-2-11-4-6)7-3-10-5-12-7/h3,5-6,8H,1-2,4,9H2. The van der Waals surface area contributed by atoms with Crippen LogP contribution in [0.4, 0.5) is 0 Å². The molecule has 2 unspecified atom stereocenters. The van der Waals surface area contributed by atoms with E-state index in [-0.39, 0.29) is 6.04 Å². The average molecular weight is 168 g/mol. The van der Waals surface area contributed by atoms with Crippen molar-refractivity contribution in [3.05, 3.63) is 18.4 Å². The Balaban J connectivity index is 2.04. The van der Waals surface area contributed by atoms with Gasteiger partial charge in [-0.15, -0.1) is 0 Å². The summed E-state index contributed by atoms with van der Waals surface area (Å²) in [7, 11) is 0. The van der Waals surface area contributed by atoms with Crippen molar-refractivity contribution in [2.75, 3.05) is 13.2 Å². The van der Waals surface area contributed by atoms with E-state index < -0.39 is 0 Å². The van der Waals surface area contributed by atoms with Gasteiger partial charge in [0.25, 0.3) is 0 Å². The van der Waals surface area contributed by atoms with Crippen LogP contribution >= 0.6 is 0 Å². The van der Waals surface area contributed by atoms with Crippen molar-refractivity contribution in [1.29, 1.82) is 0 Å². The van der Waals surface area contributed by atoms with Gasteiger partial charge in [0, 0.05) is 12.5 Å². The second-order valence-electron chi connectivity index (χ2n) is 3.05. The summed E-state index contributed by atoms with van der Waals surface area (Å²) in [6.45, 7) is 1.55. The fraction of sp³-hybridized carbons (Fsp3) is 0.625. The lowest BCUT2D eigenvalue weighted by molar-refractivity contribution is 0.178. The van der Waals surface area contributed by atoms with E-state index in [1.807, 2.05) is 0 Å². The van der Waals surface area contributed by atoms with Crippen LogP contribution in [0.2, 0.25) is 0 Å². The average Bonchev–Trinajstić information content (AvgIpc) is 2.77. The number of aromatic nitrogens is 1. The normalized spacial score (nSPS) is 25.9. The Bertz CT molecular complexity index is 229. The molecule has 0 aliphatic carbocycles. The third-order valence-electron chi connectivity index (χ3n) is 2.25. The van der Waals surface area contributed by atoms with Gasteiger partial charge >= 0.3 is 0 Å². The van der Waals surface area contributed by atoms with Gasteiger partial charge in [-0.1, -0.05) is 0 Å². The SMILES string of the molecule is NC(c1cnco1)C1CCOC1. The molecule has 2 atom stereocenters. The Kier molecular flexibility index (Phi) is 2.10. The summed E-state index contributed by atoms with van der Waals surface area (Å²) >= 11 is 0. The molecule has 0 aromatic carbocycles. The minimum Gasteiger partial charge on any atom is -0.447 e. The first-order valence-electron chi connectivity index (χ1n) is 4.09. The van der Waals surface area contributed by atoms with Crippen LogP contribution in [0.5, 0.6) is 0 Å². The summed E-state index contributed by atoms with van der Waals surface area (Å²) in [4.78, 5) is 3.83. The summed E-state index contributed by atoms with van der Waals surface area (Å²) < 4.78 is 10.4. The van der Waals surface area contributed by atoms with Crippen LogP contribution in [0, 0.1) is 5.92 Å². The van der Waals surface area contributed by atoms with E-state index in [0.29, 0.717) is 5.92 Å². The van der Waals surface area contributed by atoms with Gasteiger partial charge in [-0.05, 0) is 6.42 Å². The smallest absolute Gasteiger partial charge is 0.180 e. The van der Waals surface area contributed by atoms with Crippen LogP contribution in [0.15, 0.2) is 17.0 Å². The summed E-state index contributed by atoms with van der Waals surface area (Å²) in [5, 5.41) is 0. The molecule has 12 heavy (non-hydrogen) atoms. The van der Waals surface area contributed by atoms with Gasteiger partial charge in [-0.25, -0.2) is 4.98 Å². The molecule has 66 valence electrons. The fourth-order valence-electron chi connectivity index (χ4n) is 1.46. The maximum atomic E-state index is 5.93. The highest BCUT2D eigenvalue weighted by Crippen LogP contribution is 2.25. The predicted octanol–water partition coefficient (Wildman–Crippen LogP) is 0.711. The van der Waals surface area contributed by atoms with Crippen LogP contribution in [-0.2, 0) is 4.74 Å². The second kappa shape index (κ2) is 3.25. The number of nitrogens with zero attached hydrogens (tertiary/aromatic N) is 1. The molecule has 1 saturated heterocycles. The van der Waals surface area contributed by atoms with E-state index in [0.717, 1.165) is 25.4 Å². The summed E-state index contributed by atoms with van der Waals surface area (Å²) in [6.07, 6.45) is 4.09. The highest BCUT2D eigenvalue weighted by molar-refractivity contribution is 4.99. The molecule has 1 fully saturated rings. The largest absolute Gasteiger partial charge is 0.447 e. The Labute approximate surface area is 70.7 Å². The van der Waals surface area contributed by atoms with Crippen molar-refractivity contribution in [3.63, 3.8) is 0 Å². The van der Waals surface area contributed by atoms with Crippen LogP contribution in [0.3, 0.4) is 0 Å². The molecule has 2 heterocycles. The molecule has 0 saturated carbocycles. The molecule has 2 rings (SSSR count). The molecule has 4 heteroatoms. The van der Waals surface area contributed by atoms with Crippen molar-refractivity contribution in [3.8, 4) is 0 Å². The number of hydrogen-bond acceptors (Lipinski definition) is 4. The first kappa shape index (κ1) is 7.76. The zero-order chi connectivity index (χ0) is 8.39. The lowest BCUT2D eigenvalue weighted by Crippen LogP contribution is -2.20. The monoisotopic (exact) mass is 168 g/mol. The molecule has 1 aliphatic heterocycles. The molecule has 1 aromatic rings. The number of nitrogens with two attached hydrogens (primary N) is 1. The zero-order valence-corrected chi connectivity index (χ0v) is 6.77. The maximum Gasteiger partial charge on any atom is 0.180 e. The van der Waals surface area contributed by atoms with Crippen molar-refractivity contribution in [1.82, 2.24) is 4.98 Å². The lowest BCUT2D eigenvalue weighted by Gasteiger charge is -2.13. The highest BCUT2D eigenvalue weighted by atomic mass is 16.5. The first-order chi connectivity index (χ1) is 5.88. The number of ether oxygens (including phenoxy) is 1. The highest BCUT2D eigenvalue weighted by Gasteiger charge is 2.25. The Morgan fingerprint density at radius 2 is 2.58 bits per heavy atom. The van der Waals surface area contributed by atoms with Gasteiger partial charge in [-0.2, -0.15) is 0 Å². The minimum atomic E-state index is -0.0602. The van der Waals surface area contributed by atoms with E-state index in [1.165, 1.54) is 6.39 Å². The lowest BCUT2D eigenvalue weighted by atomic mass is 9.98. The summed E-state index contributed by atoms with van der Waals surface area (Å²) in [5.41, 5.74) is 5.93. The van der Waals surface area contributed by atoms with Crippen LogP contribution in [-0.4, -0.2) is 18.2 Å². The number of hydrogen-bond donors (Lipinski definition) is 1. The molecular weight excluding hydrogens is 156 g/mol. The Hall–Kier alpha value is -0.870. The summed E-state index contributed by atoms with van der Waals surface area (Å²) in [5.74, 6) is 1.14. The minimum absolute atomic E-state index is 0.0602. The van der Waals surface area contributed by atoms with E-state index in [4.69, 9.17) is 14.9 Å². The second-order valence-corrected chi connectivity index (χ2v) is 3.05. The third-order valence-corrected chi connectivity index (χ3v) is 2.25.